The Morgan fingerprint density at radius 2 is 2.56 bits per heavy atom. The van der Waals surface area contributed by atoms with E-state index in [9.17, 15) is 4.79 Å². The molecule has 0 bridgehead atoms. The topological polar surface area (TPSA) is 52.6 Å². The molecule has 0 atom stereocenters. The highest BCUT2D eigenvalue weighted by Gasteiger charge is 2.02. The predicted octanol–water partition coefficient (Wildman–Crippen LogP) is 1.07. The van der Waals surface area contributed by atoms with Crippen molar-refractivity contribution >= 4 is 37.5 Å². The van der Waals surface area contributed by atoms with Crippen LogP contribution in [0.2, 0.25) is 0 Å². The summed E-state index contributed by atoms with van der Waals surface area (Å²) in [5.41, 5.74) is 0. The van der Waals surface area contributed by atoms with Gasteiger partial charge in [-0.25, -0.2) is 9.10 Å². The molecule has 0 aromatic rings. The van der Waals surface area contributed by atoms with Crippen LogP contribution in [0.15, 0.2) is 0 Å². The number of hydrogen-bond acceptors (Lipinski definition) is 3. The maximum Gasteiger partial charge on any atom is 0.418 e. The lowest BCUT2D eigenvalue weighted by Crippen LogP contribution is -2.18. The van der Waals surface area contributed by atoms with Crippen LogP contribution in [-0.4, -0.2) is 22.6 Å². The van der Waals surface area contributed by atoms with Crippen LogP contribution in [0.5, 0.6) is 0 Å². The molecule has 0 aliphatic rings. The Kier molecular flexibility index (Phi) is 4.99. The molecule has 0 radical (unpaired) electrons. The Labute approximate surface area is 63.8 Å². The van der Waals surface area contributed by atoms with Crippen LogP contribution in [-0.2, 0) is 11.8 Å². The fraction of sp³-hybridized carbons (Fsp3) is 0.500. The second-order valence-corrected chi connectivity index (χ2v) is 3.24. The number of nitrogens with one attached hydrogen (secondary N) is 1. The molecule has 0 heterocycles. The number of amides is 1. The van der Waals surface area contributed by atoms with Crippen LogP contribution in [0.4, 0.5) is 4.79 Å². The number of hydrogen-bond donors (Lipinski definition) is 2. The molecule has 0 unspecified atom stereocenters. The average Bonchev–Trinajstić information content (AvgIpc) is 1.82. The molecule has 2 N–H and O–H groups in total. The molecule has 0 aromatic carbocycles. The van der Waals surface area contributed by atoms with Gasteiger partial charge in [0.2, 0.25) is 0 Å². The van der Waals surface area contributed by atoms with Crippen molar-refractivity contribution < 1.29 is 9.90 Å². The summed E-state index contributed by atoms with van der Waals surface area (Å²) in [6.45, 7) is 0. The lowest BCUT2D eigenvalue weighted by atomic mass is 11.1. The number of carboxylic acid groups (broad SMARTS) is 1. The molecule has 1 amide bonds. The van der Waals surface area contributed by atoms with E-state index in [0.717, 1.165) is 16.4 Å². The van der Waals surface area contributed by atoms with Gasteiger partial charge in [0.05, 0.1) is 19.6 Å². The molecular formula is C2H5N2O2PS2. The van der Waals surface area contributed by atoms with Gasteiger partial charge in [-0.3, -0.25) is 0 Å². The van der Waals surface area contributed by atoms with Gasteiger partial charge in [-0.1, -0.05) is 0 Å². The van der Waals surface area contributed by atoms with Gasteiger partial charge in [-0.05, 0) is 11.8 Å². The maximum atomic E-state index is 10.0. The second-order valence-electron chi connectivity index (χ2n) is 1.05. The van der Waals surface area contributed by atoms with E-state index in [0.29, 0.717) is 7.51 Å². The Bertz CT molecular complexity index is 121. The highest BCUT2D eigenvalue weighted by molar-refractivity contribution is 8.06. The van der Waals surface area contributed by atoms with Crippen molar-refractivity contribution in [2.45, 2.75) is 0 Å². The third-order valence-corrected chi connectivity index (χ3v) is 2.21. The number of nitrogens with zero attached hydrogens (tertiary/aromatic N) is 1. The fourth-order valence-corrected chi connectivity index (χ4v) is 1.12. The van der Waals surface area contributed by atoms with Crippen LogP contribution in [0.25, 0.3) is 0 Å². The van der Waals surface area contributed by atoms with E-state index in [1.54, 1.807) is 0 Å². The second kappa shape index (κ2) is 4.93. The Hall–Kier alpha value is 0.1000. The molecule has 0 saturated heterocycles. The molecule has 0 rings (SSSR count). The quantitative estimate of drug-likeness (QED) is 0.507. The van der Waals surface area contributed by atoms with E-state index in [-0.39, 0.29) is 0 Å². The monoisotopic (exact) mass is 184 g/mol. The summed E-state index contributed by atoms with van der Waals surface area (Å²) in [7, 11) is 1.97. The van der Waals surface area contributed by atoms with Crippen LogP contribution in [0, 0.1) is 0 Å². The molecule has 0 spiro atoms. The van der Waals surface area contributed by atoms with E-state index >= 15 is 0 Å². The summed E-state index contributed by atoms with van der Waals surface area (Å²) in [5, 5.41) is 8.24. The van der Waals surface area contributed by atoms with Gasteiger partial charge in [-0.2, -0.15) is 4.49 Å². The molecule has 7 heteroatoms. The normalized spacial score (nSPS) is 9.44. The highest BCUT2D eigenvalue weighted by Crippen LogP contribution is 2.04. The zero-order valence-corrected chi connectivity index (χ0v) is 7.09. The van der Waals surface area contributed by atoms with Gasteiger partial charge in [0.1, 0.15) is 0 Å². The smallest absolute Gasteiger partial charge is 0.418 e. The van der Waals surface area contributed by atoms with E-state index in [1.807, 2.05) is 0 Å². The Morgan fingerprint density at radius 3 is 2.89 bits per heavy atom. The minimum Gasteiger partial charge on any atom is -0.464 e. The van der Waals surface area contributed by atoms with Crippen LogP contribution >= 0.6 is 19.6 Å². The molecule has 0 aromatic heterocycles. The van der Waals surface area contributed by atoms with Crippen LogP contribution in [0.1, 0.15) is 0 Å². The summed E-state index contributed by atoms with van der Waals surface area (Å²) in [4.78, 5) is 10.0. The predicted molar refractivity (Wildman–Crippen MR) is 40.8 cm³/mol. The third-order valence-electron chi connectivity index (χ3n) is 0.484. The van der Waals surface area contributed by atoms with Crippen molar-refractivity contribution in [3.8, 4) is 0 Å². The maximum absolute atomic E-state index is 10.0. The van der Waals surface area contributed by atoms with Gasteiger partial charge in [0, 0.05) is 7.05 Å². The van der Waals surface area contributed by atoms with E-state index < -0.39 is 6.09 Å². The SMILES string of the molecule is CN(SNP=S)C(=O)O. The van der Waals surface area contributed by atoms with Gasteiger partial charge >= 0.3 is 6.09 Å². The Balaban J connectivity index is 3.37. The first-order valence-corrected chi connectivity index (χ1v) is 4.57. The fourth-order valence-electron chi connectivity index (χ4n) is 0.117. The number of carbonyl (C=O) groups is 1. The largest absolute Gasteiger partial charge is 0.464 e. The summed E-state index contributed by atoms with van der Waals surface area (Å²) in [5.74, 6) is 0. The van der Waals surface area contributed by atoms with Gasteiger partial charge in [0.15, 0.2) is 0 Å². The van der Waals surface area contributed by atoms with Crippen molar-refractivity contribution in [2.24, 2.45) is 0 Å². The average molecular weight is 184 g/mol. The van der Waals surface area contributed by atoms with Crippen molar-refractivity contribution in [1.82, 2.24) is 8.80 Å². The Morgan fingerprint density at radius 1 is 2.00 bits per heavy atom. The van der Waals surface area contributed by atoms with Crippen LogP contribution < -0.4 is 4.49 Å². The molecule has 0 aliphatic carbocycles. The first-order valence-electron chi connectivity index (χ1n) is 1.89. The van der Waals surface area contributed by atoms with E-state index in [2.05, 4.69) is 16.3 Å². The molecule has 52 valence electrons. The third kappa shape index (κ3) is 4.59. The zero-order chi connectivity index (χ0) is 7.28. The standard InChI is InChI=1S/C2H5N2O2PS2/c1-4(2(5)6)9-3-7-8/h1H3,(H,3,8)(H,5,6). The molecule has 0 saturated carbocycles. The number of rotatable bonds is 3. The van der Waals surface area contributed by atoms with Crippen molar-refractivity contribution in [3.63, 3.8) is 0 Å². The summed E-state index contributed by atoms with van der Waals surface area (Å²) in [6, 6.07) is 0. The van der Waals surface area contributed by atoms with Crippen molar-refractivity contribution in [2.75, 3.05) is 7.05 Å². The molecule has 0 aliphatic heterocycles. The van der Waals surface area contributed by atoms with Gasteiger partial charge in [-0.15, -0.1) is 0 Å². The van der Waals surface area contributed by atoms with Gasteiger partial charge < -0.3 is 5.11 Å². The van der Waals surface area contributed by atoms with Crippen LogP contribution in [0.3, 0.4) is 0 Å². The summed E-state index contributed by atoms with van der Waals surface area (Å²) >= 11 is 5.43. The minimum atomic E-state index is -0.994. The van der Waals surface area contributed by atoms with E-state index in [1.165, 1.54) is 7.05 Å². The molecule has 0 fully saturated rings. The highest BCUT2D eigenvalue weighted by atomic mass is 32.4. The van der Waals surface area contributed by atoms with E-state index in [4.69, 9.17) is 5.11 Å². The molecule has 9 heavy (non-hydrogen) atoms. The minimum absolute atomic E-state index is 0.537. The summed E-state index contributed by atoms with van der Waals surface area (Å²) < 4.78 is 3.61. The first-order chi connectivity index (χ1) is 4.18. The molecular weight excluding hydrogens is 179 g/mol. The summed E-state index contributed by atoms with van der Waals surface area (Å²) in [6.07, 6.45) is -0.994. The zero-order valence-electron chi connectivity index (χ0n) is 4.57. The first kappa shape index (κ1) is 9.10. The lowest BCUT2D eigenvalue weighted by molar-refractivity contribution is 0.181. The van der Waals surface area contributed by atoms with Crippen molar-refractivity contribution in [3.05, 3.63) is 0 Å². The van der Waals surface area contributed by atoms with Crippen molar-refractivity contribution in [1.29, 1.82) is 0 Å². The van der Waals surface area contributed by atoms with Gasteiger partial charge in [0.25, 0.3) is 0 Å². The lowest BCUT2D eigenvalue weighted by Gasteiger charge is -2.07. The molecule has 4 nitrogen and oxygen atoms in total.